The number of aliphatic hydroxyl groups is 1. The number of nitrogens with two attached hydrogens (primary N) is 1. The van der Waals surface area contributed by atoms with Crippen LogP contribution < -0.4 is 5.73 Å². The van der Waals surface area contributed by atoms with Gasteiger partial charge in [0.05, 0.1) is 6.61 Å². The summed E-state index contributed by atoms with van der Waals surface area (Å²) in [6, 6.07) is 6.37. The molecule has 0 aliphatic heterocycles. The van der Waals surface area contributed by atoms with E-state index in [-0.39, 0.29) is 18.5 Å². The molecule has 0 saturated carbocycles. The van der Waals surface area contributed by atoms with Crippen LogP contribution in [0.15, 0.2) is 24.3 Å². The second-order valence-corrected chi connectivity index (χ2v) is 3.07. The Labute approximate surface area is 77.2 Å². The lowest BCUT2D eigenvalue weighted by Gasteiger charge is -2.07. The first kappa shape index (κ1) is 10.2. The van der Waals surface area contributed by atoms with Crippen molar-refractivity contribution in [3.63, 3.8) is 0 Å². The molecule has 0 fully saturated rings. The molecule has 0 bridgehead atoms. The fraction of sp³-hybridized carbons (Fsp3) is 0.400. The summed E-state index contributed by atoms with van der Waals surface area (Å²) in [5, 5.41) is 8.66. The highest BCUT2D eigenvalue weighted by Crippen LogP contribution is 2.09. The van der Waals surface area contributed by atoms with E-state index in [9.17, 15) is 4.39 Å². The number of halogens is 1. The van der Waals surface area contributed by atoms with E-state index >= 15 is 0 Å². The SMILES string of the molecule is NC(CO)CCc1ccccc1F. The maximum Gasteiger partial charge on any atom is 0.126 e. The molecule has 0 spiro atoms. The van der Waals surface area contributed by atoms with Crippen molar-refractivity contribution >= 4 is 0 Å². The average molecular weight is 183 g/mol. The maximum absolute atomic E-state index is 13.0. The Morgan fingerprint density at radius 1 is 1.38 bits per heavy atom. The summed E-state index contributed by atoms with van der Waals surface area (Å²) in [7, 11) is 0. The maximum atomic E-state index is 13.0. The highest BCUT2D eigenvalue weighted by Gasteiger charge is 2.04. The first-order chi connectivity index (χ1) is 6.24. The van der Waals surface area contributed by atoms with Crippen LogP contribution in [0, 0.1) is 5.82 Å². The number of aryl methyl sites for hydroxylation is 1. The van der Waals surface area contributed by atoms with Gasteiger partial charge < -0.3 is 10.8 Å². The van der Waals surface area contributed by atoms with E-state index < -0.39 is 0 Å². The smallest absolute Gasteiger partial charge is 0.126 e. The molecular formula is C10H14FNO. The van der Waals surface area contributed by atoms with Crippen molar-refractivity contribution in [1.82, 2.24) is 0 Å². The molecule has 0 saturated heterocycles. The van der Waals surface area contributed by atoms with Crippen LogP contribution in [0.3, 0.4) is 0 Å². The second-order valence-electron chi connectivity index (χ2n) is 3.07. The molecule has 0 aliphatic carbocycles. The summed E-state index contributed by atoms with van der Waals surface area (Å²) in [4.78, 5) is 0. The zero-order valence-electron chi connectivity index (χ0n) is 7.41. The van der Waals surface area contributed by atoms with E-state index in [2.05, 4.69) is 0 Å². The molecule has 1 atom stereocenters. The van der Waals surface area contributed by atoms with Gasteiger partial charge in [-0.3, -0.25) is 0 Å². The van der Waals surface area contributed by atoms with Crippen LogP contribution in [0.25, 0.3) is 0 Å². The molecule has 0 amide bonds. The van der Waals surface area contributed by atoms with Crippen LogP contribution in [0.4, 0.5) is 4.39 Å². The number of aliphatic hydroxyl groups excluding tert-OH is 1. The number of hydrogen-bond donors (Lipinski definition) is 2. The standard InChI is InChI=1S/C10H14FNO/c11-10-4-2-1-3-8(10)5-6-9(12)7-13/h1-4,9,13H,5-7,12H2. The van der Waals surface area contributed by atoms with Gasteiger partial charge in [-0.2, -0.15) is 0 Å². The van der Waals surface area contributed by atoms with E-state index in [4.69, 9.17) is 10.8 Å². The Bertz CT molecular complexity index is 265. The second kappa shape index (κ2) is 4.94. The van der Waals surface area contributed by atoms with Crippen LogP contribution in [0.1, 0.15) is 12.0 Å². The molecule has 3 heteroatoms. The molecule has 0 aromatic heterocycles. The summed E-state index contributed by atoms with van der Waals surface area (Å²) in [5.41, 5.74) is 6.16. The van der Waals surface area contributed by atoms with E-state index in [1.165, 1.54) is 6.07 Å². The van der Waals surface area contributed by atoms with Crippen molar-refractivity contribution in [3.05, 3.63) is 35.6 Å². The Hall–Kier alpha value is -0.930. The predicted molar refractivity (Wildman–Crippen MR) is 49.8 cm³/mol. The van der Waals surface area contributed by atoms with Gasteiger partial charge in [0.2, 0.25) is 0 Å². The third-order valence-corrected chi connectivity index (χ3v) is 1.98. The Kier molecular flexibility index (Phi) is 3.86. The first-order valence-electron chi connectivity index (χ1n) is 4.34. The van der Waals surface area contributed by atoms with Crippen molar-refractivity contribution in [2.45, 2.75) is 18.9 Å². The zero-order valence-corrected chi connectivity index (χ0v) is 7.41. The molecule has 0 heterocycles. The van der Waals surface area contributed by atoms with E-state index in [0.717, 1.165) is 0 Å². The molecule has 0 aliphatic rings. The van der Waals surface area contributed by atoms with E-state index in [1.54, 1.807) is 18.2 Å². The van der Waals surface area contributed by atoms with Gasteiger partial charge in [0, 0.05) is 6.04 Å². The van der Waals surface area contributed by atoms with Gasteiger partial charge in [0.1, 0.15) is 5.82 Å². The minimum Gasteiger partial charge on any atom is -0.395 e. The van der Waals surface area contributed by atoms with Crippen LogP contribution in [0.2, 0.25) is 0 Å². The predicted octanol–water partition coefficient (Wildman–Crippen LogP) is 1.08. The van der Waals surface area contributed by atoms with Crippen LogP contribution in [-0.4, -0.2) is 17.8 Å². The molecule has 0 radical (unpaired) electrons. The average Bonchev–Trinajstić information content (AvgIpc) is 2.16. The van der Waals surface area contributed by atoms with Crippen molar-refractivity contribution < 1.29 is 9.50 Å². The van der Waals surface area contributed by atoms with Gasteiger partial charge in [-0.15, -0.1) is 0 Å². The topological polar surface area (TPSA) is 46.2 Å². The number of hydrogen-bond acceptors (Lipinski definition) is 2. The summed E-state index contributed by atoms with van der Waals surface area (Å²) < 4.78 is 13.0. The van der Waals surface area contributed by atoms with Crippen molar-refractivity contribution in [3.8, 4) is 0 Å². The van der Waals surface area contributed by atoms with Crippen molar-refractivity contribution in [2.75, 3.05) is 6.61 Å². The summed E-state index contributed by atoms with van der Waals surface area (Å²) in [5.74, 6) is -0.201. The molecule has 72 valence electrons. The first-order valence-corrected chi connectivity index (χ1v) is 4.34. The molecule has 1 rings (SSSR count). The third kappa shape index (κ3) is 3.13. The van der Waals surface area contributed by atoms with Gasteiger partial charge in [0.25, 0.3) is 0 Å². The molecule has 3 N–H and O–H groups in total. The van der Waals surface area contributed by atoms with Gasteiger partial charge in [-0.1, -0.05) is 18.2 Å². The minimum atomic E-state index is -0.250. The summed E-state index contributed by atoms with van der Waals surface area (Å²) in [6.07, 6.45) is 1.19. The van der Waals surface area contributed by atoms with E-state index in [0.29, 0.717) is 18.4 Å². The lowest BCUT2D eigenvalue weighted by Crippen LogP contribution is -2.24. The largest absolute Gasteiger partial charge is 0.395 e. The van der Waals surface area contributed by atoms with Gasteiger partial charge in [0.15, 0.2) is 0 Å². The van der Waals surface area contributed by atoms with Gasteiger partial charge >= 0.3 is 0 Å². The Balaban J connectivity index is 2.50. The van der Waals surface area contributed by atoms with Crippen LogP contribution in [0.5, 0.6) is 0 Å². The summed E-state index contributed by atoms with van der Waals surface area (Å²) >= 11 is 0. The van der Waals surface area contributed by atoms with Gasteiger partial charge in [-0.05, 0) is 24.5 Å². The fourth-order valence-electron chi connectivity index (χ4n) is 1.13. The van der Waals surface area contributed by atoms with Crippen molar-refractivity contribution in [2.24, 2.45) is 5.73 Å². The quantitative estimate of drug-likeness (QED) is 0.733. The Morgan fingerprint density at radius 3 is 2.69 bits per heavy atom. The van der Waals surface area contributed by atoms with Crippen LogP contribution in [-0.2, 0) is 6.42 Å². The number of rotatable bonds is 4. The lowest BCUT2D eigenvalue weighted by molar-refractivity contribution is 0.260. The molecule has 2 nitrogen and oxygen atoms in total. The minimum absolute atomic E-state index is 0.0472. The normalized spacial score (nSPS) is 12.8. The lowest BCUT2D eigenvalue weighted by atomic mass is 10.1. The summed E-state index contributed by atoms with van der Waals surface area (Å²) in [6.45, 7) is -0.0472. The highest BCUT2D eigenvalue weighted by molar-refractivity contribution is 5.17. The molecule has 1 aromatic carbocycles. The van der Waals surface area contributed by atoms with Crippen LogP contribution >= 0.6 is 0 Å². The van der Waals surface area contributed by atoms with Gasteiger partial charge in [-0.25, -0.2) is 4.39 Å². The fourth-order valence-corrected chi connectivity index (χ4v) is 1.13. The number of benzene rings is 1. The monoisotopic (exact) mass is 183 g/mol. The zero-order chi connectivity index (χ0) is 9.68. The Morgan fingerprint density at radius 2 is 2.08 bits per heavy atom. The molecule has 13 heavy (non-hydrogen) atoms. The van der Waals surface area contributed by atoms with Crippen molar-refractivity contribution in [1.29, 1.82) is 0 Å². The molecule has 1 unspecified atom stereocenters. The molecular weight excluding hydrogens is 169 g/mol. The molecule has 1 aromatic rings. The third-order valence-electron chi connectivity index (χ3n) is 1.98. The van der Waals surface area contributed by atoms with E-state index in [1.807, 2.05) is 0 Å². The highest BCUT2D eigenvalue weighted by atomic mass is 19.1.